The minimum absolute atomic E-state index is 0.548. The zero-order valence-electron chi connectivity index (χ0n) is 8.10. The van der Waals surface area contributed by atoms with E-state index in [0.717, 1.165) is 12.8 Å². The fourth-order valence-electron chi connectivity index (χ4n) is 1.54. The number of rotatable bonds is 2. The predicted octanol–water partition coefficient (Wildman–Crippen LogP) is 3.77. The molecule has 1 aliphatic rings. The highest BCUT2D eigenvalue weighted by Crippen LogP contribution is 2.56. The molecule has 0 aliphatic heterocycles. The summed E-state index contributed by atoms with van der Waals surface area (Å²) in [6, 6.07) is 0. The lowest BCUT2D eigenvalue weighted by Gasteiger charge is -2.46. The van der Waals surface area contributed by atoms with Crippen LogP contribution in [-0.2, 0) is 0 Å². The summed E-state index contributed by atoms with van der Waals surface area (Å²) in [4.78, 5) is 0. The molecule has 0 radical (unpaired) electrons. The Morgan fingerprint density at radius 1 is 1.27 bits per heavy atom. The number of halogens is 4. The largest absolute Gasteiger partial charge is 0.362 e. The Bertz CT molecular complexity index is 284. The van der Waals surface area contributed by atoms with Gasteiger partial charge in [-0.05, 0) is 12.8 Å². The van der Waals surface area contributed by atoms with Crippen LogP contribution in [0, 0.1) is 0 Å². The molecule has 88 valence electrons. The summed E-state index contributed by atoms with van der Waals surface area (Å²) in [5.41, 5.74) is 1.17. The Morgan fingerprint density at radius 2 is 1.80 bits per heavy atom. The van der Waals surface area contributed by atoms with E-state index in [1.165, 1.54) is 5.57 Å². The molecule has 0 amide bonds. The lowest BCUT2D eigenvalue weighted by molar-refractivity contribution is -0.163. The lowest BCUT2D eigenvalue weighted by Crippen LogP contribution is -2.59. The molecule has 0 aromatic carbocycles. The van der Waals surface area contributed by atoms with Gasteiger partial charge in [-0.15, -0.1) is 0 Å². The summed E-state index contributed by atoms with van der Waals surface area (Å²) < 4.78 is -1.98. The fraction of sp³-hybridized carbons (Fsp3) is 0.778. The molecule has 0 unspecified atom stereocenters. The van der Waals surface area contributed by atoms with Crippen LogP contribution in [0.15, 0.2) is 11.6 Å². The van der Waals surface area contributed by atoms with Crippen molar-refractivity contribution in [2.75, 3.05) is 0 Å². The first kappa shape index (κ1) is 14.6. The van der Waals surface area contributed by atoms with Gasteiger partial charge in [0.15, 0.2) is 3.23 Å². The first-order chi connectivity index (χ1) is 6.64. The summed E-state index contributed by atoms with van der Waals surface area (Å²) in [6.07, 6.45) is 4.33. The van der Waals surface area contributed by atoms with Crippen molar-refractivity contribution in [2.45, 2.75) is 38.4 Å². The highest BCUT2D eigenvalue weighted by molar-refractivity contribution is 9.26. The summed E-state index contributed by atoms with van der Waals surface area (Å²) in [7, 11) is 0. The first-order valence-corrected chi connectivity index (χ1v) is 7.72. The third-order valence-electron chi connectivity index (χ3n) is 2.38. The van der Waals surface area contributed by atoms with Crippen LogP contribution < -0.4 is 0 Å². The number of alkyl halides is 4. The first-order valence-electron chi connectivity index (χ1n) is 4.55. The molecule has 2 nitrogen and oxygen atoms in total. The fourth-order valence-corrected chi connectivity index (χ4v) is 5.28. The molecule has 0 saturated carbocycles. The van der Waals surface area contributed by atoms with E-state index < -0.39 is 12.3 Å². The highest BCUT2D eigenvalue weighted by Gasteiger charge is 2.60. The van der Waals surface area contributed by atoms with E-state index >= 15 is 0 Å². The quantitative estimate of drug-likeness (QED) is 0.366. The third kappa shape index (κ3) is 2.71. The van der Waals surface area contributed by atoms with Gasteiger partial charge in [-0.1, -0.05) is 88.7 Å². The number of allylic oxidation sites excluding steroid dienone is 1. The zero-order chi connectivity index (χ0) is 11.9. The van der Waals surface area contributed by atoms with Gasteiger partial charge >= 0.3 is 0 Å². The molecule has 0 heterocycles. The van der Waals surface area contributed by atoms with Gasteiger partial charge in [0.25, 0.3) is 0 Å². The topological polar surface area (TPSA) is 40.5 Å². The van der Waals surface area contributed by atoms with Gasteiger partial charge in [0.1, 0.15) is 3.23 Å². The van der Waals surface area contributed by atoms with Crippen LogP contribution in [0.4, 0.5) is 0 Å². The van der Waals surface area contributed by atoms with Gasteiger partial charge in [-0.25, -0.2) is 0 Å². The van der Waals surface area contributed by atoms with Gasteiger partial charge < -0.3 is 10.2 Å². The molecule has 0 spiro atoms. The summed E-state index contributed by atoms with van der Waals surface area (Å²) in [6.45, 7) is 2.09. The van der Waals surface area contributed by atoms with Gasteiger partial charge in [0.2, 0.25) is 5.79 Å². The molecule has 0 saturated heterocycles. The average Bonchev–Trinajstić information content (AvgIpc) is 2.00. The van der Waals surface area contributed by atoms with Gasteiger partial charge in [-0.3, -0.25) is 0 Å². The van der Waals surface area contributed by atoms with Gasteiger partial charge in [-0.2, -0.15) is 0 Å². The van der Waals surface area contributed by atoms with Crippen molar-refractivity contribution in [1.29, 1.82) is 0 Å². The Hall–Kier alpha value is 1.58. The molecule has 15 heavy (non-hydrogen) atoms. The Kier molecular flexibility index (Phi) is 4.58. The van der Waals surface area contributed by atoms with Crippen LogP contribution in [0.25, 0.3) is 0 Å². The van der Waals surface area contributed by atoms with E-state index in [9.17, 15) is 10.2 Å². The molecule has 0 aromatic heterocycles. The molecule has 2 N–H and O–H groups in total. The smallest absolute Gasteiger partial charge is 0.218 e. The van der Waals surface area contributed by atoms with Crippen LogP contribution in [0.3, 0.4) is 0 Å². The molecule has 0 fully saturated rings. The monoisotopic (exact) mass is 468 g/mol. The predicted molar refractivity (Wildman–Crippen MR) is 75.9 cm³/mol. The molecule has 1 aliphatic carbocycles. The van der Waals surface area contributed by atoms with Crippen LogP contribution in [0.2, 0.25) is 0 Å². The van der Waals surface area contributed by atoms with Crippen LogP contribution in [-0.4, -0.2) is 22.5 Å². The molecular weight excluding hydrogens is 460 g/mol. The standard InChI is InChI=1S/C9H12Br4O2/c1-2-3-6-4-7(10,11)9(14,15)8(12,13)5-6/h4,14-15H,2-3,5H2,1H3. The van der Waals surface area contributed by atoms with Gasteiger partial charge in [0.05, 0.1) is 0 Å². The van der Waals surface area contributed by atoms with Crippen LogP contribution >= 0.6 is 63.7 Å². The van der Waals surface area contributed by atoms with E-state index in [1.54, 1.807) is 0 Å². The van der Waals surface area contributed by atoms with E-state index in [0.29, 0.717) is 6.42 Å². The number of hydrogen-bond acceptors (Lipinski definition) is 2. The van der Waals surface area contributed by atoms with Crippen molar-refractivity contribution in [2.24, 2.45) is 0 Å². The molecular formula is C9H12Br4O2. The number of aliphatic hydroxyl groups is 2. The Balaban J connectivity index is 3.11. The van der Waals surface area contributed by atoms with Crippen molar-refractivity contribution in [1.82, 2.24) is 0 Å². The molecule has 0 atom stereocenters. The Labute approximate surface area is 123 Å². The van der Waals surface area contributed by atoms with Crippen molar-refractivity contribution >= 4 is 63.7 Å². The highest BCUT2D eigenvalue weighted by atomic mass is 79.9. The SMILES string of the molecule is CCCC1=CC(Br)(Br)C(O)(O)C(Br)(Br)C1. The van der Waals surface area contributed by atoms with Crippen LogP contribution in [0.1, 0.15) is 26.2 Å². The second-order valence-corrected chi connectivity index (χ2v) is 11.1. The molecule has 0 aromatic rings. The third-order valence-corrected chi connectivity index (χ3v) is 5.61. The lowest BCUT2D eigenvalue weighted by atomic mass is 9.91. The minimum atomic E-state index is -1.96. The zero-order valence-corrected chi connectivity index (χ0v) is 14.4. The maximum absolute atomic E-state index is 10.0. The second kappa shape index (κ2) is 4.69. The van der Waals surface area contributed by atoms with E-state index in [4.69, 9.17) is 0 Å². The maximum Gasteiger partial charge on any atom is 0.218 e. The summed E-state index contributed by atoms with van der Waals surface area (Å²) in [5, 5.41) is 20.1. The maximum atomic E-state index is 10.0. The van der Waals surface area contributed by atoms with Crippen molar-refractivity contribution < 1.29 is 10.2 Å². The average molecular weight is 472 g/mol. The summed E-state index contributed by atoms with van der Waals surface area (Å²) in [5.74, 6) is -1.96. The number of hydrogen-bond donors (Lipinski definition) is 2. The van der Waals surface area contributed by atoms with E-state index in [1.807, 2.05) is 6.08 Å². The van der Waals surface area contributed by atoms with E-state index in [2.05, 4.69) is 70.6 Å². The summed E-state index contributed by atoms with van der Waals surface area (Å²) >= 11 is 13.2. The normalized spacial score (nSPS) is 27.3. The molecule has 1 rings (SSSR count). The Morgan fingerprint density at radius 3 is 2.20 bits per heavy atom. The van der Waals surface area contributed by atoms with Crippen molar-refractivity contribution in [3.05, 3.63) is 11.6 Å². The second-order valence-electron chi connectivity index (χ2n) is 3.73. The van der Waals surface area contributed by atoms with Crippen molar-refractivity contribution in [3.8, 4) is 0 Å². The van der Waals surface area contributed by atoms with Gasteiger partial charge in [0, 0.05) is 0 Å². The molecule has 6 heteroatoms. The molecule has 0 bridgehead atoms. The van der Waals surface area contributed by atoms with Crippen molar-refractivity contribution in [3.63, 3.8) is 0 Å². The minimum Gasteiger partial charge on any atom is -0.362 e. The van der Waals surface area contributed by atoms with Crippen LogP contribution in [0.5, 0.6) is 0 Å². The van der Waals surface area contributed by atoms with E-state index in [-0.39, 0.29) is 0 Å².